The maximum absolute atomic E-state index is 5.75. The molecule has 0 aliphatic carbocycles. The van der Waals surface area contributed by atoms with E-state index in [1.807, 2.05) is 43.3 Å². The van der Waals surface area contributed by atoms with Crippen molar-refractivity contribution in [2.75, 3.05) is 0 Å². The minimum atomic E-state index is 0.239. The molecular weight excluding hydrogens is 356 g/mol. The fourth-order valence-electron chi connectivity index (χ4n) is 2.24. The monoisotopic (exact) mass is 372 g/mol. The zero-order chi connectivity index (χ0) is 16.2. The fraction of sp³-hybridized carbons (Fsp3) is 0.222. The van der Waals surface area contributed by atoms with E-state index < -0.39 is 0 Å². The number of aryl methyl sites for hydroxylation is 2. The van der Waals surface area contributed by atoms with Crippen LogP contribution in [0.2, 0.25) is 0 Å². The molecule has 0 atom stereocenters. The van der Waals surface area contributed by atoms with Crippen molar-refractivity contribution in [1.29, 1.82) is 0 Å². The Labute approximate surface area is 143 Å². The van der Waals surface area contributed by atoms with E-state index in [-0.39, 0.29) is 6.61 Å². The second-order valence-corrected chi connectivity index (χ2v) is 6.14. The number of ether oxygens (including phenoxy) is 1. The van der Waals surface area contributed by atoms with Crippen LogP contribution in [-0.4, -0.2) is 10.1 Å². The van der Waals surface area contributed by atoms with Crippen molar-refractivity contribution in [3.63, 3.8) is 0 Å². The fourth-order valence-corrected chi connectivity index (χ4v) is 2.78. The van der Waals surface area contributed by atoms with Gasteiger partial charge in [0.15, 0.2) is 6.61 Å². The van der Waals surface area contributed by atoms with Crippen LogP contribution in [0.1, 0.15) is 23.9 Å². The van der Waals surface area contributed by atoms with E-state index in [0.29, 0.717) is 11.7 Å². The number of rotatable bonds is 5. The first kappa shape index (κ1) is 15.7. The molecule has 2 aromatic carbocycles. The summed E-state index contributed by atoms with van der Waals surface area (Å²) in [7, 11) is 0. The second kappa shape index (κ2) is 6.96. The van der Waals surface area contributed by atoms with Gasteiger partial charge >= 0.3 is 0 Å². The summed E-state index contributed by atoms with van der Waals surface area (Å²) in [5.74, 6) is 1.79. The summed E-state index contributed by atoms with van der Waals surface area (Å²) in [5, 5.41) is 4.01. The summed E-state index contributed by atoms with van der Waals surface area (Å²) in [6.07, 6.45) is 0.988. The number of hydrogen-bond donors (Lipinski definition) is 0. The Bertz CT molecular complexity index is 814. The molecule has 5 heteroatoms. The lowest BCUT2D eigenvalue weighted by Crippen LogP contribution is -1.97. The van der Waals surface area contributed by atoms with Crippen molar-refractivity contribution in [2.45, 2.75) is 26.9 Å². The lowest BCUT2D eigenvalue weighted by Gasteiger charge is -2.07. The van der Waals surface area contributed by atoms with Crippen LogP contribution in [0.3, 0.4) is 0 Å². The molecule has 0 saturated heterocycles. The molecule has 0 N–H and O–H groups in total. The maximum atomic E-state index is 5.75. The molecule has 3 aromatic rings. The smallest absolute Gasteiger partial charge is 0.264 e. The van der Waals surface area contributed by atoms with E-state index in [0.717, 1.165) is 27.8 Å². The van der Waals surface area contributed by atoms with Gasteiger partial charge in [0.05, 0.1) is 4.47 Å². The first-order valence-electron chi connectivity index (χ1n) is 7.46. The molecule has 1 aromatic heterocycles. The SMILES string of the molecule is CCc1ccc(OCc2nc(-c3cccc(C)c3)no2)c(Br)c1. The van der Waals surface area contributed by atoms with Gasteiger partial charge in [-0.25, -0.2) is 0 Å². The summed E-state index contributed by atoms with van der Waals surface area (Å²) in [5.41, 5.74) is 3.35. The van der Waals surface area contributed by atoms with E-state index in [2.05, 4.69) is 39.1 Å². The number of aromatic nitrogens is 2. The number of hydrogen-bond acceptors (Lipinski definition) is 4. The Morgan fingerprint density at radius 1 is 1.17 bits per heavy atom. The average molecular weight is 373 g/mol. The van der Waals surface area contributed by atoms with E-state index in [4.69, 9.17) is 9.26 Å². The van der Waals surface area contributed by atoms with E-state index in [9.17, 15) is 0 Å². The molecule has 0 spiro atoms. The minimum Gasteiger partial charge on any atom is -0.483 e. The average Bonchev–Trinajstić information content (AvgIpc) is 3.02. The molecule has 3 rings (SSSR count). The van der Waals surface area contributed by atoms with Gasteiger partial charge in [-0.2, -0.15) is 4.98 Å². The molecule has 0 radical (unpaired) electrons. The Morgan fingerprint density at radius 2 is 2.04 bits per heavy atom. The zero-order valence-electron chi connectivity index (χ0n) is 13.0. The molecule has 0 bridgehead atoms. The third-order valence-corrected chi connectivity index (χ3v) is 4.12. The lowest BCUT2D eigenvalue weighted by molar-refractivity contribution is 0.241. The Hall–Kier alpha value is -2.14. The number of halogens is 1. The molecular formula is C18H17BrN2O2. The summed E-state index contributed by atoms with van der Waals surface area (Å²) in [4.78, 5) is 4.38. The molecule has 118 valence electrons. The second-order valence-electron chi connectivity index (χ2n) is 5.29. The highest BCUT2D eigenvalue weighted by molar-refractivity contribution is 9.10. The topological polar surface area (TPSA) is 48.2 Å². The largest absolute Gasteiger partial charge is 0.483 e. The molecule has 0 fully saturated rings. The Morgan fingerprint density at radius 3 is 2.78 bits per heavy atom. The predicted molar refractivity (Wildman–Crippen MR) is 92.3 cm³/mol. The van der Waals surface area contributed by atoms with Gasteiger partial charge in [-0.15, -0.1) is 0 Å². The van der Waals surface area contributed by atoms with Gasteiger partial charge < -0.3 is 9.26 Å². The van der Waals surface area contributed by atoms with Crippen LogP contribution in [0.25, 0.3) is 11.4 Å². The van der Waals surface area contributed by atoms with Crippen molar-refractivity contribution >= 4 is 15.9 Å². The highest BCUT2D eigenvalue weighted by Crippen LogP contribution is 2.27. The molecule has 0 saturated carbocycles. The molecule has 23 heavy (non-hydrogen) atoms. The highest BCUT2D eigenvalue weighted by Gasteiger charge is 2.10. The summed E-state index contributed by atoms with van der Waals surface area (Å²) in [6, 6.07) is 14.0. The number of benzene rings is 2. The van der Waals surface area contributed by atoms with Crippen molar-refractivity contribution < 1.29 is 9.26 Å². The van der Waals surface area contributed by atoms with Crippen molar-refractivity contribution in [3.8, 4) is 17.1 Å². The van der Waals surface area contributed by atoms with Crippen molar-refractivity contribution in [1.82, 2.24) is 10.1 Å². The molecule has 0 unspecified atom stereocenters. The van der Waals surface area contributed by atoms with Crippen LogP contribution in [0.15, 0.2) is 51.5 Å². The zero-order valence-corrected chi connectivity index (χ0v) is 14.6. The molecule has 0 amide bonds. The normalized spacial score (nSPS) is 10.7. The minimum absolute atomic E-state index is 0.239. The number of nitrogens with zero attached hydrogens (tertiary/aromatic N) is 2. The van der Waals surface area contributed by atoms with Gasteiger partial charge in [-0.1, -0.05) is 41.9 Å². The maximum Gasteiger partial charge on any atom is 0.264 e. The van der Waals surface area contributed by atoms with Gasteiger partial charge in [0, 0.05) is 5.56 Å². The molecule has 4 nitrogen and oxygen atoms in total. The molecule has 0 aliphatic rings. The van der Waals surface area contributed by atoms with Gasteiger partial charge in [-0.3, -0.25) is 0 Å². The van der Waals surface area contributed by atoms with Gasteiger partial charge in [0.2, 0.25) is 5.82 Å². The van der Waals surface area contributed by atoms with E-state index >= 15 is 0 Å². The predicted octanol–water partition coefficient (Wildman–Crippen LogP) is 4.95. The van der Waals surface area contributed by atoms with Crippen molar-refractivity contribution in [2.24, 2.45) is 0 Å². The Balaban J connectivity index is 1.70. The highest BCUT2D eigenvalue weighted by atomic mass is 79.9. The molecule has 0 aliphatic heterocycles. The standard InChI is InChI=1S/C18H17BrN2O2/c1-3-13-7-8-16(15(19)10-13)22-11-17-20-18(21-23-17)14-6-4-5-12(2)9-14/h4-10H,3,11H2,1-2H3. The lowest BCUT2D eigenvalue weighted by atomic mass is 10.1. The van der Waals surface area contributed by atoms with Gasteiger partial charge in [0.1, 0.15) is 5.75 Å². The first-order chi connectivity index (χ1) is 11.2. The van der Waals surface area contributed by atoms with Crippen molar-refractivity contribution in [3.05, 3.63) is 64.0 Å². The van der Waals surface area contributed by atoms with Gasteiger partial charge in [-0.05, 0) is 53.0 Å². The third kappa shape index (κ3) is 3.79. The summed E-state index contributed by atoms with van der Waals surface area (Å²) in [6.45, 7) is 4.39. The van der Waals surface area contributed by atoms with Crippen LogP contribution >= 0.6 is 15.9 Å². The summed E-state index contributed by atoms with van der Waals surface area (Å²) >= 11 is 3.52. The van der Waals surface area contributed by atoms with Crippen LogP contribution < -0.4 is 4.74 Å². The third-order valence-electron chi connectivity index (χ3n) is 3.50. The molecule has 1 heterocycles. The Kier molecular flexibility index (Phi) is 4.76. The van der Waals surface area contributed by atoms with Crippen LogP contribution in [0.5, 0.6) is 5.75 Å². The quantitative estimate of drug-likeness (QED) is 0.635. The summed E-state index contributed by atoms with van der Waals surface area (Å²) < 4.78 is 11.9. The van der Waals surface area contributed by atoms with E-state index in [1.165, 1.54) is 5.56 Å². The van der Waals surface area contributed by atoms with Gasteiger partial charge in [0.25, 0.3) is 5.89 Å². The van der Waals surface area contributed by atoms with Crippen LogP contribution in [0, 0.1) is 6.92 Å². The first-order valence-corrected chi connectivity index (χ1v) is 8.26. The van der Waals surface area contributed by atoms with Crippen LogP contribution in [0.4, 0.5) is 0 Å². The van der Waals surface area contributed by atoms with Crippen LogP contribution in [-0.2, 0) is 13.0 Å². The van der Waals surface area contributed by atoms with E-state index in [1.54, 1.807) is 0 Å².